The van der Waals surface area contributed by atoms with Crippen LogP contribution < -0.4 is 4.90 Å². The molecule has 0 radical (unpaired) electrons. The minimum atomic E-state index is -0.365. The lowest BCUT2D eigenvalue weighted by molar-refractivity contribution is 0.135. The Morgan fingerprint density at radius 3 is 2.72 bits per heavy atom. The zero-order valence-corrected chi connectivity index (χ0v) is 18.3. The van der Waals surface area contributed by atoms with Gasteiger partial charge in [0, 0.05) is 31.1 Å². The van der Waals surface area contributed by atoms with Gasteiger partial charge in [-0.2, -0.15) is 10.4 Å². The molecule has 1 aromatic carbocycles. The van der Waals surface area contributed by atoms with Crippen LogP contribution in [0.2, 0.25) is 0 Å². The first-order valence-corrected chi connectivity index (χ1v) is 11.3. The second-order valence-electron chi connectivity index (χ2n) is 9.87. The maximum atomic E-state index is 9.98. The first-order valence-electron chi connectivity index (χ1n) is 11.3. The summed E-state index contributed by atoms with van der Waals surface area (Å²) in [7, 11) is 2.04. The molecular formula is C24H27N7O. The predicted molar refractivity (Wildman–Crippen MR) is 121 cm³/mol. The number of piperazine rings is 1. The fourth-order valence-electron chi connectivity index (χ4n) is 5.58. The molecule has 1 N–H and O–H groups in total. The number of rotatable bonds is 4. The SMILES string of the molecule is CN1CCN(c2cc(-n3ncc4ccc(C5(C#N)CC6(CC6)C5)cc43)ncn2)C[C@H]1CO. The molecule has 3 fully saturated rings. The van der Waals surface area contributed by atoms with E-state index in [-0.39, 0.29) is 18.1 Å². The summed E-state index contributed by atoms with van der Waals surface area (Å²) in [6, 6.07) is 11.0. The Labute approximate surface area is 187 Å². The van der Waals surface area contributed by atoms with Gasteiger partial charge in [-0.15, -0.1) is 0 Å². The molecule has 0 bridgehead atoms. The van der Waals surface area contributed by atoms with Crippen LogP contribution in [0.5, 0.6) is 0 Å². The lowest BCUT2D eigenvalue weighted by Gasteiger charge is -2.44. The number of nitriles is 1. The van der Waals surface area contributed by atoms with Crippen LogP contribution in [0.15, 0.2) is 36.8 Å². The van der Waals surface area contributed by atoms with Gasteiger partial charge in [0.2, 0.25) is 0 Å². The smallest absolute Gasteiger partial charge is 0.159 e. The van der Waals surface area contributed by atoms with Crippen molar-refractivity contribution in [3.63, 3.8) is 0 Å². The Kier molecular flexibility index (Phi) is 4.29. The number of aliphatic hydroxyl groups is 1. The zero-order valence-electron chi connectivity index (χ0n) is 18.3. The first kappa shape index (κ1) is 19.6. The van der Waals surface area contributed by atoms with Gasteiger partial charge in [0.15, 0.2) is 5.82 Å². The third-order valence-corrected chi connectivity index (χ3v) is 7.82. The molecule has 0 unspecified atom stereocenters. The highest BCUT2D eigenvalue weighted by Crippen LogP contribution is 2.68. The van der Waals surface area contributed by atoms with Gasteiger partial charge in [0.1, 0.15) is 12.1 Å². The fourth-order valence-corrected chi connectivity index (χ4v) is 5.58. The lowest BCUT2D eigenvalue weighted by atomic mass is 9.57. The predicted octanol–water partition coefficient (Wildman–Crippen LogP) is 2.26. The van der Waals surface area contributed by atoms with Crippen molar-refractivity contribution >= 4 is 16.7 Å². The quantitative estimate of drug-likeness (QED) is 0.680. The van der Waals surface area contributed by atoms with E-state index in [1.807, 2.05) is 24.0 Å². The van der Waals surface area contributed by atoms with Crippen LogP contribution in [-0.4, -0.2) is 69.1 Å². The molecule has 1 aliphatic heterocycles. The van der Waals surface area contributed by atoms with Crippen LogP contribution in [0.1, 0.15) is 31.2 Å². The van der Waals surface area contributed by atoms with E-state index in [0.717, 1.165) is 54.8 Å². The average molecular weight is 430 g/mol. The molecule has 8 heteroatoms. The fraction of sp³-hybridized carbons (Fsp3) is 0.500. The van der Waals surface area contributed by atoms with E-state index >= 15 is 0 Å². The highest BCUT2D eigenvalue weighted by molar-refractivity contribution is 5.81. The number of fused-ring (bicyclic) bond motifs is 1. The molecule has 0 amide bonds. The van der Waals surface area contributed by atoms with Crippen LogP contribution in [0, 0.1) is 16.7 Å². The number of hydrogen-bond acceptors (Lipinski definition) is 7. The lowest BCUT2D eigenvalue weighted by Crippen LogP contribution is -2.53. The molecule has 3 heterocycles. The van der Waals surface area contributed by atoms with Crippen LogP contribution >= 0.6 is 0 Å². The van der Waals surface area contributed by atoms with Crippen molar-refractivity contribution in [3.05, 3.63) is 42.4 Å². The van der Waals surface area contributed by atoms with Gasteiger partial charge in [-0.1, -0.05) is 12.1 Å². The van der Waals surface area contributed by atoms with E-state index < -0.39 is 0 Å². The van der Waals surface area contributed by atoms with Gasteiger partial charge in [-0.05, 0) is 49.8 Å². The highest BCUT2D eigenvalue weighted by atomic mass is 16.3. The number of nitrogens with zero attached hydrogens (tertiary/aromatic N) is 7. The summed E-state index contributed by atoms with van der Waals surface area (Å²) >= 11 is 0. The Morgan fingerprint density at radius 1 is 1.16 bits per heavy atom. The van der Waals surface area contributed by atoms with Crippen molar-refractivity contribution in [2.24, 2.45) is 5.41 Å². The summed E-state index contributed by atoms with van der Waals surface area (Å²) in [4.78, 5) is 13.4. The van der Waals surface area contributed by atoms with Gasteiger partial charge >= 0.3 is 0 Å². The molecule has 2 aromatic heterocycles. The summed E-state index contributed by atoms with van der Waals surface area (Å²) in [5.74, 6) is 1.55. The number of aromatic nitrogens is 4. The number of hydrogen-bond donors (Lipinski definition) is 1. The molecule has 32 heavy (non-hydrogen) atoms. The minimum Gasteiger partial charge on any atom is -0.395 e. The monoisotopic (exact) mass is 429 g/mol. The van der Waals surface area contributed by atoms with Crippen LogP contribution in [0.3, 0.4) is 0 Å². The number of likely N-dealkylation sites (N-methyl/N-ethyl adjacent to an activating group) is 1. The van der Waals surface area contributed by atoms with Crippen molar-refractivity contribution in [2.45, 2.75) is 37.1 Å². The molecule has 3 aromatic rings. The van der Waals surface area contributed by atoms with Crippen molar-refractivity contribution in [1.82, 2.24) is 24.6 Å². The van der Waals surface area contributed by atoms with E-state index in [9.17, 15) is 10.4 Å². The van der Waals surface area contributed by atoms with Crippen molar-refractivity contribution in [1.29, 1.82) is 5.26 Å². The maximum absolute atomic E-state index is 9.98. The zero-order chi connectivity index (χ0) is 21.9. The normalized spacial score (nSPS) is 23.8. The van der Waals surface area contributed by atoms with E-state index in [2.05, 4.69) is 49.1 Å². The van der Waals surface area contributed by atoms with Crippen molar-refractivity contribution < 1.29 is 5.11 Å². The molecule has 1 spiro atoms. The third kappa shape index (κ3) is 2.99. The molecule has 1 atom stereocenters. The summed E-state index contributed by atoms with van der Waals surface area (Å²) in [6.07, 6.45) is 7.91. The molecule has 6 rings (SSSR count). The molecule has 2 aliphatic carbocycles. The highest BCUT2D eigenvalue weighted by Gasteiger charge is 2.61. The van der Waals surface area contributed by atoms with E-state index in [1.165, 1.54) is 12.8 Å². The number of anilines is 1. The van der Waals surface area contributed by atoms with E-state index in [0.29, 0.717) is 11.2 Å². The largest absolute Gasteiger partial charge is 0.395 e. The topological polar surface area (TPSA) is 94.1 Å². The average Bonchev–Trinajstić information content (AvgIpc) is 3.48. The Bertz CT molecular complexity index is 1220. The van der Waals surface area contributed by atoms with Crippen molar-refractivity contribution in [3.8, 4) is 11.9 Å². The number of aliphatic hydroxyl groups excluding tert-OH is 1. The second-order valence-corrected chi connectivity index (χ2v) is 9.87. The first-order chi connectivity index (χ1) is 15.5. The molecule has 2 saturated carbocycles. The number of benzene rings is 1. The van der Waals surface area contributed by atoms with Crippen molar-refractivity contribution in [2.75, 3.05) is 38.2 Å². The Hall–Kier alpha value is -3.02. The molecule has 1 saturated heterocycles. The van der Waals surface area contributed by atoms with E-state index in [1.54, 1.807) is 6.33 Å². The Balaban J connectivity index is 1.34. The van der Waals surface area contributed by atoms with Gasteiger partial charge < -0.3 is 10.0 Å². The van der Waals surface area contributed by atoms with E-state index in [4.69, 9.17) is 0 Å². The molecular weight excluding hydrogens is 402 g/mol. The standard InChI is InChI=1S/C24H27N7O/c1-29-6-7-30(11-19(29)12-32)21-9-22(27-16-26-21)31-20-8-18(3-2-17(20)10-28-31)24(15-25)13-23(14-24)4-5-23/h2-3,8-10,16,19,32H,4-7,11-14H2,1H3/t19-/m0/s1. The minimum absolute atomic E-state index is 0.0923. The Morgan fingerprint density at radius 2 is 1.97 bits per heavy atom. The molecule has 3 aliphatic rings. The molecule has 164 valence electrons. The van der Waals surface area contributed by atoms with Crippen LogP contribution in [0.4, 0.5) is 5.82 Å². The van der Waals surface area contributed by atoms with Gasteiger partial charge in [-0.25, -0.2) is 14.6 Å². The summed E-state index contributed by atoms with van der Waals surface area (Å²) in [5.41, 5.74) is 2.13. The van der Waals surface area contributed by atoms with Gasteiger partial charge in [0.05, 0.1) is 35.8 Å². The summed E-state index contributed by atoms with van der Waals surface area (Å²) in [5, 5.41) is 25.3. The van der Waals surface area contributed by atoms with Gasteiger partial charge in [-0.3, -0.25) is 4.90 Å². The summed E-state index contributed by atoms with van der Waals surface area (Å²) < 4.78 is 1.85. The third-order valence-electron chi connectivity index (χ3n) is 7.82. The summed E-state index contributed by atoms with van der Waals surface area (Å²) in [6.45, 7) is 2.57. The van der Waals surface area contributed by atoms with Crippen LogP contribution in [0.25, 0.3) is 16.7 Å². The molecule has 8 nitrogen and oxygen atoms in total. The maximum Gasteiger partial charge on any atom is 0.159 e. The van der Waals surface area contributed by atoms with Crippen LogP contribution in [-0.2, 0) is 5.41 Å². The second kappa shape index (κ2) is 6.99. The van der Waals surface area contributed by atoms with Gasteiger partial charge in [0.25, 0.3) is 0 Å².